The van der Waals surface area contributed by atoms with E-state index in [1.54, 1.807) is 14.2 Å². The standard InChI is InChI=1S/C17H28O3.C15H24O3/c1-16(2,3)20-15(18)11-17(4,19-5)10-14-9-12-6-7-13(14)8-12;1-4-18-14(16)10-15(2,17-3)9-13-8-11-5-6-12(13)7-11/h6-7,12-14H,8-11H2,1-5H3;5-6,11-13H,4,7-10H2,1-3H3. The molecule has 0 amide bonds. The number of allylic oxidation sites excluding steroid dienone is 4. The SMILES string of the molecule is CCOC(=O)CC(C)(CC1CC2C=CC1C2)OC.COC(C)(CC(=O)OC(C)(C)C)CC1CC2C=CC1C2. The highest BCUT2D eigenvalue weighted by atomic mass is 16.6. The number of esters is 2. The van der Waals surface area contributed by atoms with Crippen LogP contribution in [-0.2, 0) is 28.5 Å². The van der Waals surface area contributed by atoms with Gasteiger partial charge >= 0.3 is 11.9 Å². The topological polar surface area (TPSA) is 71.1 Å². The highest BCUT2D eigenvalue weighted by molar-refractivity contribution is 5.71. The van der Waals surface area contributed by atoms with Crippen molar-refractivity contribution in [3.05, 3.63) is 24.3 Å². The second kappa shape index (κ2) is 12.7. The van der Waals surface area contributed by atoms with Gasteiger partial charge in [-0.05, 0) is 116 Å². The fourth-order valence-corrected chi connectivity index (χ4v) is 7.02. The Bertz CT molecular complexity index is 872. The van der Waals surface area contributed by atoms with Gasteiger partial charge in [-0.15, -0.1) is 0 Å². The molecule has 2 saturated carbocycles. The molecule has 8 atom stereocenters. The Balaban J connectivity index is 0.000000212. The van der Waals surface area contributed by atoms with Gasteiger partial charge in [0, 0.05) is 14.2 Å². The van der Waals surface area contributed by atoms with E-state index < -0.39 is 11.2 Å². The summed E-state index contributed by atoms with van der Waals surface area (Å²) in [5, 5.41) is 0. The van der Waals surface area contributed by atoms with Crippen LogP contribution in [0.25, 0.3) is 0 Å². The lowest BCUT2D eigenvalue weighted by molar-refractivity contribution is -0.162. The van der Waals surface area contributed by atoms with Crippen molar-refractivity contribution >= 4 is 11.9 Å². The van der Waals surface area contributed by atoms with Crippen LogP contribution in [0.3, 0.4) is 0 Å². The average molecular weight is 533 g/mol. The second-order valence-electron chi connectivity index (χ2n) is 13.5. The lowest BCUT2D eigenvalue weighted by Gasteiger charge is -2.33. The summed E-state index contributed by atoms with van der Waals surface area (Å²) in [6.07, 6.45) is 17.0. The van der Waals surface area contributed by atoms with Gasteiger partial charge in [0.1, 0.15) is 5.60 Å². The van der Waals surface area contributed by atoms with Crippen LogP contribution in [0.4, 0.5) is 0 Å². The van der Waals surface area contributed by atoms with Crippen molar-refractivity contribution in [1.29, 1.82) is 0 Å². The van der Waals surface area contributed by atoms with Crippen molar-refractivity contribution in [1.82, 2.24) is 0 Å². The monoisotopic (exact) mass is 532 g/mol. The third-order valence-electron chi connectivity index (χ3n) is 8.97. The number of hydrogen-bond donors (Lipinski definition) is 0. The minimum atomic E-state index is -0.430. The first-order valence-electron chi connectivity index (χ1n) is 14.6. The zero-order valence-corrected chi connectivity index (χ0v) is 25.1. The molecule has 6 nitrogen and oxygen atoms in total. The minimum absolute atomic E-state index is 0.152. The van der Waals surface area contributed by atoms with Gasteiger partial charge in [0.05, 0.1) is 30.7 Å². The molecule has 0 spiro atoms. The van der Waals surface area contributed by atoms with Gasteiger partial charge in [0.15, 0.2) is 0 Å². The summed E-state index contributed by atoms with van der Waals surface area (Å²) < 4.78 is 21.7. The van der Waals surface area contributed by atoms with E-state index in [4.69, 9.17) is 18.9 Å². The van der Waals surface area contributed by atoms with E-state index in [1.165, 1.54) is 25.7 Å². The number of fused-ring (bicyclic) bond motifs is 4. The molecule has 0 aromatic heterocycles. The number of hydrogen-bond acceptors (Lipinski definition) is 6. The van der Waals surface area contributed by atoms with E-state index in [1.807, 2.05) is 41.5 Å². The van der Waals surface area contributed by atoms with Crippen LogP contribution in [0.15, 0.2) is 24.3 Å². The normalized spacial score (nSPS) is 31.9. The molecule has 0 saturated heterocycles. The summed E-state index contributed by atoms with van der Waals surface area (Å²) >= 11 is 0. The quantitative estimate of drug-likeness (QED) is 0.219. The molecule has 0 radical (unpaired) electrons. The van der Waals surface area contributed by atoms with Gasteiger partial charge in [0.25, 0.3) is 0 Å². The maximum absolute atomic E-state index is 12.1. The Morgan fingerprint density at radius 2 is 1.16 bits per heavy atom. The fourth-order valence-electron chi connectivity index (χ4n) is 7.02. The molecular weight excluding hydrogens is 480 g/mol. The van der Waals surface area contributed by atoms with E-state index in [-0.39, 0.29) is 17.5 Å². The predicted molar refractivity (Wildman–Crippen MR) is 149 cm³/mol. The Hall–Kier alpha value is -1.66. The van der Waals surface area contributed by atoms with E-state index in [0.717, 1.165) is 24.7 Å². The molecule has 4 aliphatic carbocycles. The summed E-state index contributed by atoms with van der Waals surface area (Å²) in [6, 6.07) is 0. The van der Waals surface area contributed by atoms with E-state index in [9.17, 15) is 9.59 Å². The molecule has 4 rings (SSSR count). The molecule has 4 aliphatic rings. The summed E-state index contributed by atoms with van der Waals surface area (Å²) in [5.74, 6) is 3.91. The fraction of sp³-hybridized carbons (Fsp3) is 0.812. The number of methoxy groups -OCH3 is 2. The lowest BCUT2D eigenvalue weighted by Crippen LogP contribution is -2.36. The summed E-state index contributed by atoms with van der Waals surface area (Å²) in [6.45, 7) is 12.0. The third kappa shape index (κ3) is 8.67. The van der Waals surface area contributed by atoms with Crippen molar-refractivity contribution in [3.63, 3.8) is 0 Å². The molecular formula is C32H52O6. The van der Waals surface area contributed by atoms with Crippen LogP contribution in [-0.4, -0.2) is 49.6 Å². The smallest absolute Gasteiger partial charge is 0.309 e. The largest absolute Gasteiger partial charge is 0.466 e. The van der Waals surface area contributed by atoms with Crippen molar-refractivity contribution < 1.29 is 28.5 Å². The van der Waals surface area contributed by atoms with Crippen molar-refractivity contribution in [2.45, 2.75) is 110 Å². The molecule has 4 bridgehead atoms. The minimum Gasteiger partial charge on any atom is -0.466 e. The van der Waals surface area contributed by atoms with Gasteiger partial charge in [0.2, 0.25) is 0 Å². The zero-order chi connectivity index (χ0) is 28.1. The first kappa shape index (κ1) is 30.9. The van der Waals surface area contributed by atoms with E-state index in [2.05, 4.69) is 24.3 Å². The molecule has 0 N–H and O–H groups in total. The van der Waals surface area contributed by atoms with Crippen LogP contribution in [0, 0.1) is 35.5 Å². The highest BCUT2D eigenvalue weighted by Crippen LogP contribution is 2.48. The van der Waals surface area contributed by atoms with Gasteiger partial charge in [-0.3, -0.25) is 9.59 Å². The molecule has 0 heterocycles. The van der Waals surface area contributed by atoms with Crippen LogP contribution in [0.2, 0.25) is 0 Å². The third-order valence-corrected chi connectivity index (χ3v) is 8.97. The number of ether oxygens (including phenoxy) is 4. The van der Waals surface area contributed by atoms with Crippen molar-refractivity contribution in [2.75, 3.05) is 20.8 Å². The first-order valence-corrected chi connectivity index (χ1v) is 14.6. The Kier molecular flexibility index (Phi) is 10.3. The maximum Gasteiger partial charge on any atom is 0.309 e. The summed E-state index contributed by atoms with van der Waals surface area (Å²) in [5.41, 5.74) is -1.22. The molecule has 0 aromatic rings. The van der Waals surface area contributed by atoms with Gasteiger partial charge < -0.3 is 18.9 Å². The summed E-state index contributed by atoms with van der Waals surface area (Å²) in [4.78, 5) is 23.7. The molecule has 216 valence electrons. The highest BCUT2D eigenvalue weighted by Gasteiger charge is 2.42. The van der Waals surface area contributed by atoms with Crippen LogP contribution in [0.1, 0.15) is 92.9 Å². The van der Waals surface area contributed by atoms with Gasteiger partial charge in [-0.2, -0.15) is 0 Å². The summed E-state index contributed by atoms with van der Waals surface area (Å²) in [7, 11) is 3.40. The molecule has 0 aliphatic heterocycles. The Morgan fingerprint density at radius 3 is 1.47 bits per heavy atom. The maximum atomic E-state index is 12.1. The van der Waals surface area contributed by atoms with E-state index in [0.29, 0.717) is 43.1 Å². The van der Waals surface area contributed by atoms with Crippen LogP contribution >= 0.6 is 0 Å². The van der Waals surface area contributed by atoms with Crippen LogP contribution in [0.5, 0.6) is 0 Å². The molecule has 8 unspecified atom stereocenters. The molecule has 0 aromatic carbocycles. The first-order chi connectivity index (χ1) is 17.8. The molecule has 2 fully saturated rings. The van der Waals surface area contributed by atoms with Gasteiger partial charge in [-0.25, -0.2) is 0 Å². The Morgan fingerprint density at radius 1 is 0.711 bits per heavy atom. The number of rotatable bonds is 11. The van der Waals surface area contributed by atoms with Crippen LogP contribution < -0.4 is 0 Å². The average Bonchev–Trinajstić information content (AvgIpc) is 3.60. The molecule has 6 heteroatoms. The Labute approximate surface area is 230 Å². The molecule has 38 heavy (non-hydrogen) atoms. The zero-order valence-electron chi connectivity index (χ0n) is 25.1. The lowest BCUT2D eigenvalue weighted by atomic mass is 9.82. The second-order valence-corrected chi connectivity index (χ2v) is 13.5. The van der Waals surface area contributed by atoms with E-state index >= 15 is 0 Å². The van der Waals surface area contributed by atoms with Gasteiger partial charge in [-0.1, -0.05) is 24.3 Å². The van der Waals surface area contributed by atoms with Crippen molar-refractivity contribution in [2.24, 2.45) is 35.5 Å². The number of carbonyl (C=O) groups is 2. The van der Waals surface area contributed by atoms with Crippen molar-refractivity contribution in [3.8, 4) is 0 Å². The predicted octanol–water partition coefficient (Wildman–Crippen LogP) is 6.67. The number of carbonyl (C=O) groups excluding carboxylic acids is 2.